The molecule has 0 atom stereocenters. The molecule has 0 radical (unpaired) electrons. The quantitative estimate of drug-likeness (QED) is 0.513. The first-order valence-corrected chi connectivity index (χ1v) is 11.0. The summed E-state index contributed by atoms with van der Waals surface area (Å²) in [6, 6.07) is 20.6. The average molecular weight is 428 g/mol. The molecule has 1 aliphatic rings. The van der Waals surface area contributed by atoms with Gasteiger partial charge in [-0.2, -0.15) is 0 Å². The van der Waals surface area contributed by atoms with Crippen LogP contribution in [0.5, 0.6) is 0 Å². The van der Waals surface area contributed by atoms with Gasteiger partial charge < -0.3 is 9.30 Å². The van der Waals surface area contributed by atoms with E-state index < -0.39 is 0 Å². The maximum Gasteiger partial charge on any atom is 0.340 e. The second-order valence-corrected chi connectivity index (χ2v) is 8.25. The zero-order valence-electron chi connectivity index (χ0n) is 18.0. The van der Waals surface area contributed by atoms with Gasteiger partial charge in [-0.05, 0) is 52.6 Å². The number of fused-ring (bicyclic) bond motifs is 1. The van der Waals surface area contributed by atoms with Crippen molar-refractivity contribution in [2.45, 2.75) is 13.1 Å². The van der Waals surface area contributed by atoms with E-state index in [-0.39, 0.29) is 5.91 Å². The molecule has 1 aliphatic heterocycles. The van der Waals surface area contributed by atoms with Crippen molar-refractivity contribution in [3.05, 3.63) is 89.7 Å². The SMILES string of the molecule is [NH3+]C(=O)c1ccc(Cn2ccc3c(-c4cccc(CN5CCOCC5)c4)ccnc32)cc1. The van der Waals surface area contributed by atoms with E-state index in [1.807, 2.05) is 30.5 Å². The van der Waals surface area contributed by atoms with Crippen molar-refractivity contribution in [2.24, 2.45) is 0 Å². The molecule has 6 nitrogen and oxygen atoms in total. The van der Waals surface area contributed by atoms with Crippen molar-refractivity contribution in [3.63, 3.8) is 0 Å². The van der Waals surface area contributed by atoms with Crippen LogP contribution in [-0.2, 0) is 17.8 Å². The van der Waals surface area contributed by atoms with Crippen LogP contribution >= 0.6 is 0 Å². The first-order chi connectivity index (χ1) is 15.7. The molecule has 1 saturated heterocycles. The third kappa shape index (κ3) is 4.34. The maximum absolute atomic E-state index is 11.4. The molecule has 4 aromatic rings. The molecule has 5 rings (SSSR count). The van der Waals surface area contributed by atoms with Crippen molar-refractivity contribution in [1.82, 2.24) is 14.5 Å². The predicted molar refractivity (Wildman–Crippen MR) is 124 cm³/mol. The summed E-state index contributed by atoms with van der Waals surface area (Å²) in [4.78, 5) is 18.5. The summed E-state index contributed by atoms with van der Waals surface area (Å²) in [5.74, 6) is -0.162. The zero-order chi connectivity index (χ0) is 21.9. The minimum absolute atomic E-state index is 0.162. The standard InChI is InChI=1S/C26H26N4O2/c27-25(31)21-6-4-19(5-7-21)18-30-11-9-24-23(8-10-28-26(24)30)22-3-1-2-20(16-22)17-29-12-14-32-15-13-29/h1-11,16H,12-15,17-18H2,(H2,27,31)/p+1. The zero-order valence-corrected chi connectivity index (χ0v) is 18.0. The number of benzene rings is 2. The first kappa shape index (κ1) is 20.6. The van der Waals surface area contributed by atoms with Crippen LogP contribution < -0.4 is 5.73 Å². The van der Waals surface area contributed by atoms with Gasteiger partial charge in [0.25, 0.3) is 0 Å². The lowest BCUT2D eigenvalue weighted by molar-refractivity contribution is -0.255. The lowest BCUT2D eigenvalue weighted by atomic mass is 10.0. The minimum Gasteiger partial charge on any atom is -0.379 e. The molecule has 1 amide bonds. The van der Waals surface area contributed by atoms with Gasteiger partial charge in [-0.25, -0.2) is 9.78 Å². The normalized spacial score (nSPS) is 14.7. The van der Waals surface area contributed by atoms with Gasteiger partial charge in [-0.1, -0.05) is 30.3 Å². The molecule has 3 N–H and O–H groups in total. The highest BCUT2D eigenvalue weighted by Crippen LogP contribution is 2.29. The smallest absolute Gasteiger partial charge is 0.340 e. The van der Waals surface area contributed by atoms with Gasteiger partial charge in [0.15, 0.2) is 0 Å². The van der Waals surface area contributed by atoms with E-state index in [1.165, 1.54) is 16.7 Å². The van der Waals surface area contributed by atoms with Gasteiger partial charge in [0, 0.05) is 44.0 Å². The number of nitrogens with zero attached hydrogens (tertiary/aromatic N) is 3. The van der Waals surface area contributed by atoms with E-state index in [4.69, 9.17) is 4.74 Å². The molecule has 162 valence electrons. The van der Waals surface area contributed by atoms with Crippen LogP contribution in [0.15, 0.2) is 73.1 Å². The molecule has 1 fully saturated rings. The van der Waals surface area contributed by atoms with Crippen molar-refractivity contribution in [3.8, 4) is 11.1 Å². The van der Waals surface area contributed by atoms with E-state index in [1.54, 1.807) is 0 Å². The summed E-state index contributed by atoms with van der Waals surface area (Å²) >= 11 is 0. The van der Waals surface area contributed by atoms with Crippen molar-refractivity contribution < 1.29 is 15.3 Å². The Hall–Kier alpha value is -3.32. The fraction of sp³-hybridized carbons (Fsp3) is 0.231. The molecule has 0 unspecified atom stereocenters. The number of carbonyl (C=O) groups excluding carboxylic acids is 1. The van der Waals surface area contributed by atoms with E-state index in [2.05, 4.69) is 62.8 Å². The summed E-state index contributed by atoms with van der Waals surface area (Å²) in [5.41, 5.74) is 9.88. The van der Waals surface area contributed by atoms with Crippen molar-refractivity contribution >= 4 is 16.9 Å². The molecule has 0 aliphatic carbocycles. The summed E-state index contributed by atoms with van der Waals surface area (Å²) in [5, 5.41) is 1.14. The van der Waals surface area contributed by atoms with Crippen molar-refractivity contribution in [2.75, 3.05) is 26.3 Å². The topological polar surface area (TPSA) is 75.0 Å². The number of amides is 1. The fourth-order valence-corrected chi connectivity index (χ4v) is 4.32. The Morgan fingerprint density at radius 3 is 2.56 bits per heavy atom. The molecule has 32 heavy (non-hydrogen) atoms. The van der Waals surface area contributed by atoms with E-state index >= 15 is 0 Å². The summed E-state index contributed by atoms with van der Waals surface area (Å²) in [6.45, 7) is 5.23. The van der Waals surface area contributed by atoms with Crippen LogP contribution in [0.3, 0.4) is 0 Å². The predicted octanol–water partition coefficient (Wildman–Crippen LogP) is 2.97. The molecule has 2 aromatic carbocycles. The highest BCUT2D eigenvalue weighted by molar-refractivity contribution is 5.93. The Kier molecular flexibility index (Phi) is 5.81. The van der Waals surface area contributed by atoms with E-state index in [9.17, 15) is 4.79 Å². The number of rotatable bonds is 6. The number of ether oxygens (including phenoxy) is 1. The van der Waals surface area contributed by atoms with E-state index in [0.29, 0.717) is 12.1 Å². The molecular formula is C26H27N4O2+. The van der Waals surface area contributed by atoms with Gasteiger partial charge in [0.1, 0.15) is 5.65 Å². The number of hydrogen-bond donors (Lipinski definition) is 1. The Balaban J connectivity index is 1.41. The Labute approximate surface area is 187 Å². The maximum atomic E-state index is 11.4. The highest BCUT2D eigenvalue weighted by Gasteiger charge is 2.13. The Bertz CT molecular complexity index is 1240. The molecule has 2 aromatic heterocycles. The molecule has 3 heterocycles. The second-order valence-electron chi connectivity index (χ2n) is 8.25. The minimum atomic E-state index is -0.162. The number of hydrogen-bond acceptors (Lipinski definition) is 4. The molecule has 0 saturated carbocycles. The van der Waals surface area contributed by atoms with Gasteiger partial charge in [0.2, 0.25) is 0 Å². The van der Waals surface area contributed by atoms with Crippen LogP contribution in [-0.4, -0.2) is 46.7 Å². The average Bonchev–Trinajstić information content (AvgIpc) is 3.23. The van der Waals surface area contributed by atoms with Crippen molar-refractivity contribution in [1.29, 1.82) is 0 Å². The van der Waals surface area contributed by atoms with Gasteiger partial charge >= 0.3 is 5.91 Å². The molecule has 0 bridgehead atoms. The highest BCUT2D eigenvalue weighted by atomic mass is 16.5. The van der Waals surface area contributed by atoms with Crippen LogP contribution in [0.25, 0.3) is 22.2 Å². The largest absolute Gasteiger partial charge is 0.379 e. The number of morpholine rings is 1. The van der Waals surface area contributed by atoms with Crippen LogP contribution in [0.1, 0.15) is 21.5 Å². The van der Waals surface area contributed by atoms with Gasteiger partial charge in [-0.3, -0.25) is 10.6 Å². The van der Waals surface area contributed by atoms with Gasteiger partial charge in [-0.15, -0.1) is 0 Å². The third-order valence-electron chi connectivity index (χ3n) is 6.04. The van der Waals surface area contributed by atoms with E-state index in [0.717, 1.165) is 49.4 Å². The lowest BCUT2D eigenvalue weighted by Gasteiger charge is -2.26. The fourth-order valence-electron chi connectivity index (χ4n) is 4.32. The number of carbonyl (C=O) groups is 1. The second kappa shape index (κ2) is 9.04. The van der Waals surface area contributed by atoms with Gasteiger partial charge in [0.05, 0.1) is 18.8 Å². The van der Waals surface area contributed by atoms with Crippen LogP contribution in [0.4, 0.5) is 0 Å². The van der Waals surface area contributed by atoms with Crippen LogP contribution in [0, 0.1) is 0 Å². The first-order valence-electron chi connectivity index (χ1n) is 11.0. The number of aromatic nitrogens is 2. The lowest BCUT2D eigenvalue weighted by Crippen LogP contribution is -2.56. The van der Waals surface area contributed by atoms with Crippen LogP contribution in [0.2, 0.25) is 0 Å². The number of pyridine rings is 1. The summed E-state index contributed by atoms with van der Waals surface area (Å²) in [7, 11) is 0. The monoisotopic (exact) mass is 427 g/mol. The Morgan fingerprint density at radius 2 is 1.78 bits per heavy atom. The molecule has 6 heteroatoms. The third-order valence-corrected chi connectivity index (χ3v) is 6.04. The molecule has 0 spiro atoms. The summed E-state index contributed by atoms with van der Waals surface area (Å²) in [6.07, 6.45) is 3.96. The Morgan fingerprint density at radius 1 is 0.969 bits per heavy atom. The molecular weight excluding hydrogens is 400 g/mol. The number of quaternary nitrogens is 1. The summed E-state index contributed by atoms with van der Waals surface area (Å²) < 4.78 is 7.62.